The molecule has 0 spiro atoms. The molecule has 0 aliphatic carbocycles. The van der Waals surface area contributed by atoms with Crippen molar-refractivity contribution in [2.75, 3.05) is 26.7 Å². The van der Waals surface area contributed by atoms with Crippen LogP contribution in [0.2, 0.25) is 0 Å². The Morgan fingerprint density at radius 1 is 1.25 bits per heavy atom. The van der Waals surface area contributed by atoms with Crippen LogP contribution in [0.15, 0.2) is 48.7 Å². The molecule has 1 aromatic heterocycles. The fraction of sp³-hybridized carbons (Fsp3) is 0.455. The molecule has 1 fully saturated rings. The predicted octanol–water partition coefficient (Wildman–Crippen LogP) is 3.29. The van der Waals surface area contributed by atoms with Crippen molar-refractivity contribution in [1.82, 2.24) is 20.1 Å². The third-order valence-electron chi connectivity index (χ3n) is 5.29. The third-order valence-corrected chi connectivity index (χ3v) is 5.29. The Hall–Kier alpha value is -2.60. The van der Waals surface area contributed by atoms with Gasteiger partial charge in [0.1, 0.15) is 5.75 Å². The summed E-state index contributed by atoms with van der Waals surface area (Å²) in [5.74, 6) is 0.811. The van der Waals surface area contributed by atoms with Gasteiger partial charge in [-0.25, -0.2) is 4.79 Å². The maximum Gasteiger partial charge on any atom is 0.318 e. The molecule has 2 heterocycles. The van der Waals surface area contributed by atoms with Crippen LogP contribution in [-0.2, 0) is 13.1 Å². The van der Waals surface area contributed by atoms with Gasteiger partial charge in [-0.15, -0.1) is 0 Å². The average molecular weight is 383 g/mol. The van der Waals surface area contributed by atoms with Gasteiger partial charge in [0, 0.05) is 25.3 Å². The van der Waals surface area contributed by atoms with E-state index in [0.717, 1.165) is 36.5 Å². The zero-order valence-electron chi connectivity index (χ0n) is 16.8. The molecule has 28 heavy (non-hydrogen) atoms. The number of methoxy groups -OCH3 is 1. The number of hydrogen-bond acceptors (Lipinski definition) is 4. The van der Waals surface area contributed by atoms with Gasteiger partial charge in [0.05, 0.1) is 19.3 Å². The summed E-state index contributed by atoms with van der Waals surface area (Å²) in [6.07, 6.45) is 4.11. The number of likely N-dealkylation sites (N-methyl/N-ethyl adjacent to an activating group) is 1. The topological polar surface area (TPSA) is 57.7 Å². The van der Waals surface area contributed by atoms with Crippen LogP contribution >= 0.6 is 0 Å². The molecule has 0 bridgehead atoms. The lowest BCUT2D eigenvalue weighted by Gasteiger charge is -2.27. The third kappa shape index (κ3) is 5.45. The zero-order chi connectivity index (χ0) is 19.8. The van der Waals surface area contributed by atoms with Crippen molar-refractivity contribution in [3.63, 3.8) is 0 Å². The Morgan fingerprint density at radius 2 is 2.07 bits per heavy atom. The van der Waals surface area contributed by atoms with Crippen molar-refractivity contribution in [3.8, 4) is 5.75 Å². The largest absolute Gasteiger partial charge is 0.497 e. The molecule has 1 aliphatic heterocycles. The highest BCUT2D eigenvalue weighted by Gasteiger charge is 2.24. The number of pyridine rings is 1. The first-order valence-electron chi connectivity index (χ1n) is 9.99. The van der Waals surface area contributed by atoms with Gasteiger partial charge in [0.2, 0.25) is 0 Å². The van der Waals surface area contributed by atoms with Crippen LogP contribution in [0.3, 0.4) is 0 Å². The lowest BCUT2D eigenvalue weighted by molar-refractivity contribution is 0.185. The van der Waals surface area contributed by atoms with E-state index in [1.54, 1.807) is 13.3 Å². The summed E-state index contributed by atoms with van der Waals surface area (Å²) in [4.78, 5) is 21.6. The highest BCUT2D eigenvalue weighted by molar-refractivity contribution is 5.74. The number of carbonyl (C=O) groups excluding carboxylic acids is 1. The summed E-state index contributed by atoms with van der Waals surface area (Å²) >= 11 is 0. The van der Waals surface area contributed by atoms with Gasteiger partial charge in [0.15, 0.2) is 0 Å². The molecule has 0 radical (unpaired) electrons. The molecule has 1 aliphatic rings. The second kappa shape index (κ2) is 10.1. The van der Waals surface area contributed by atoms with Crippen LogP contribution in [-0.4, -0.2) is 53.6 Å². The Labute approximate surface area is 167 Å². The zero-order valence-corrected chi connectivity index (χ0v) is 16.8. The van der Waals surface area contributed by atoms with Crippen LogP contribution in [0.5, 0.6) is 5.75 Å². The van der Waals surface area contributed by atoms with Crippen molar-refractivity contribution in [2.24, 2.45) is 0 Å². The Balaban J connectivity index is 1.66. The summed E-state index contributed by atoms with van der Waals surface area (Å²) in [6, 6.07) is 14.0. The molecule has 1 saturated heterocycles. The van der Waals surface area contributed by atoms with E-state index in [1.807, 2.05) is 47.4 Å². The Bertz CT molecular complexity index is 736. The number of carbonyl (C=O) groups is 1. The Morgan fingerprint density at radius 3 is 2.75 bits per heavy atom. The van der Waals surface area contributed by atoms with E-state index in [2.05, 4.69) is 22.1 Å². The lowest BCUT2D eigenvalue weighted by Crippen LogP contribution is -2.45. The second-order valence-corrected chi connectivity index (χ2v) is 7.14. The number of nitrogens with zero attached hydrogens (tertiary/aromatic N) is 3. The average Bonchev–Trinajstić information content (AvgIpc) is 3.20. The quantitative estimate of drug-likeness (QED) is 0.761. The first kappa shape index (κ1) is 20.1. The lowest BCUT2D eigenvalue weighted by atomic mass is 10.2. The van der Waals surface area contributed by atoms with Gasteiger partial charge >= 0.3 is 6.03 Å². The normalized spacial score (nSPS) is 16.7. The number of amides is 2. The first-order chi connectivity index (χ1) is 13.7. The summed E-state index contributed by atoms with van der Waals surface area (Å²) in [7, 11) is 1.65. The van der Waals surface area contributed by atoms with E-state index in [1.165, 1.54) is 6.42 Å². The fourth-order valence-corrected chi connectivity index (χ4v) is 3.70. The molecule has 6 heteroatoms. The number of hydrogen-bond donors (Lipinski definition) is 1. The van der Waals surface area contributed by atoms with Crippen LogP contribution in [0.25, 0.3) is 0 Å². The highest BCUT2D eigenvalue weighted by Crippen LogP contribution is 2.17. The molecule has 1 N–H and O–H groups in total. The van der Waals surface area contributed by atoms with Crippen molar-refractivity contribution in [2.45, 2.75) is 38.9 Å². The maximum atomic E-state index is 13.0. The molecule has 1 atom stereocenters. The molecule has 6 nitrogen and oxygen atoms in total. The molecule has 0 saturated carbocycles. The van der Waals surface area contributed by atoms with E-state index < -0.39 is 0 Å². The minimum Gasteiger partial charge on any atom is -0.497 e. The van der Waals surface area contributed by atoms with Crippen LogP contribution in [0.4, 0.5) is 4.79 Å². The standard InChI is InChI=1S/C22H30N4O2/c1-3-25-14-6-8-20(25)15-24-22(27)26(17-19-7-4-5-13-23-19)16-18-9-11-21(28-2)12-10-18/h4-5,7,9-13,20H,3,6,8,14-17H2,1-2H3,(H,24,27). The monoisotopic (exact) mass is 382 g/mol. The van der Waals surface area contributed by atoms with Crippen molar-refractivity contribution >= 4 is 6.03 Å². The number of ether oxygens (including phenoxy) is 1. The highest BCUT2D eigenvalue weighted by atomic mass is 16.5. The molecule has 150 valence electrons. The van der Waals surface area contributed by atoms with Crippen molar-refractivity contribution in [3.05, 3.63) is 59.9 Å². The number of benzene rings is 1. The van der Waals surface area contributed by atoms with E-state index in [-0.39, 0.29) is 6.03 Å². The number of urea groups is 1. The van der Waals surface area contributed by atoms with E-state index in [4.69, 9.17) is 4.74 Å². The van der Waals surface area contributed by atoms with Gasteiger partial charge in [-0.05, 0) is 55.8 Å². The van der Waals surface area contributed by atoms with Gasteiger partial charge < -0.3 is 15.0 Å². The maximum absolute atomic E-state index is 13.0. The van der Waals surface area contributed by atoms with Gasteiger partial charge in [-0.2, -0.15) is 0 Å². The van der Waals surface area contributed by atoms with Crippen LogP contribution < -0.4 is 10.1 Å². The molecule has 3 rings (SSSR count). The second-order valence-electron chi connectivity index (χ2n) is 7.14. The summed E-state index contributed by atoms with van der Waals surface area (Å²) < 4.78 is 5.23. The smallest absolute Gasteiger partial charge is 0.318 e. The van der Waals surface area contributed by atoms with Crippen molar-refractivity contribution < 1.29 is 9.53 Å². The first-order valence-corrected chi connectivity index (χ1v) is 9.99. The molecule has 1 aromatic carbocycles. The summed E-state index contributed by atoms with van der Waals surface area (Å²) in [5.41, 5.74) is 1.94. The van der Waals surface area contributed by atoms with Gasteiger partial charge in [0.25, 0.3) is 0 Å². The van der Waals surface area contributed by atoms with Crippen molar-refractivity contribution in [1.29, 1.82) is 0 Å². The van der Waals surface area contributed by atoms with Gasteiger partial charge in [-0.3, -0.25) is 9.88 Å². The number of aromatic nitrogens is 1. The summed E-state index contributed by atoms with van der Waals surface area (Å²) in [6.45, 7) is 6.02. The van der Waals surface area contributed by atoms with Gasteiger partial charge in [-0.1, -0.05) is 25.1 Å². The predicted molar refractivity (Wildman–Crippen MR) is 110 cm³/mol. The SMILES string of the molecule is CCN1CCCC1CNC(=O)N(Cc1ccc(OC)cc1)Cc1ccccn1. The fourth-order valence-electron chi connectivity index (χ4n) is 3.70. The van der Waals surface area contributed by atoms with E-state index >= 15 is 0 Å². The minimum absolute atomic E-state index is 0.0515. The molecular formula is C22H30N4O2. The minimum atomic E-state index is -0.0515. The van der Waals surface area contributed by atoms with Crippen LogP contribution in [0, 0.1) is 0 Å². The van der Waals surface area contributed by atoms with Crippen LogP contribution in [0.1, 0.15) is 31.0 Å². The van der Waals surface area contributed by atoms with E-state index in [9.17, 15) is 4.79 Å². The number of nitrogens with one attached hydrogen (secondary N) is 1. The molecule has 2 aromatic rings. The van der Waals surface area contributed by atoms with E-state index in [0.29, 0.717) is 25.7 Å². The molecular weight excluding hydrogens is 352 g/mol. The molecule has 2 amide bonds. The Kier molecular flexibility index (Phi) is 7.25. The molecule has 1 unspecified atom stereocenters. The summed E-state index contributed by atoms with van der Waals surface area (Å²) in [5, 5.41) is 3.14. The number of likely N-dealkylation sites (tertiary alicyclic amines) is 1. The number of rotatable bonds is 8.